The number of fused-ring (bicyclic) bond motifs is 1. The average molecular weight is 320 g/mol. The molecule has 0 saturated carbocycles. The van der Waals surface area contributed by atoms with Gasteiger partial charge in [-0.05, 0) is 55.5 Å². The lowest BCUT2D eigenvalue weighted by Gasteiger charge is -2.40. The first-order valence-electron chi connectivity index (χ1n) is 8.56. The van der Waals surface area contributed by atoms with Gasteiger partial charge in [-0.1, -0.05) is 13.0 Å². The summed E-state index contributed by atoms with van der Waals surface area (Å²) in [6, 6.07) is 5.85. The first-order valence-corrected chi connectivity index (χ1v) is 8.56. The van der Waals surface area contributed by atoms with E-state index in [1.165, 1.54) is 5.56 Å². The number of carboxylic acids is 1. The number of likely N-dealkylation sites (tertiary alicyclic amines) is 1. The number of carbonyl (C=O) groups is 1. The third kappa shape index (κ3) is 3.56. The molecule has 1 atom stereocenters. The largest absolute Gasteiger partial charge is 0.480 e. The molecule has 1 aromatic rings. The van der Waals surface area contributed by atoms with Crippen molar-refractivity contribution in [3.8, 4) is 0 Å². The van der Waals surface area contributed by atoms with Crippen LogP contribution in [0.4, 0.5) is 4.39 Å². The Morgan fingerprint density at radius 3 is 2.74 bits per heavy atom. The Morgan fingerprint density at radius 2 is 2.09 bits per heavy atom. The molecule has 1 saturated heterocycles. The van der Waals surface area contributed by atoms with Crippen molar-refractivity contribution in [2.75, 3.05) is 26.2 Å². The van der Waals surface area contributed by atoms with Gasteiger partial charge in [-0.2, -0.15) is 0 Å². The molecule has 2 aliphatic rings. The fraction of sp³-hybridized carbons (Fsp3) is 0.611. The highest BCUT2D eigenvalue weighted by Gasteiger charge is 2.32. The van der Waals surface area contributed by atoms with Gasteiger partial charge in [0, 0.05) is 25.2 Å². The molecule has 3 rings (SSSR count). The number of piperidine rings is 1. The lowest BCUT2D eigenvalue weighted by molar-refractivity contribution is -0.139. The number of likely N-dealkylation sites (N-methyl/N-ethyl adjacent to an activating group) is 1. The summed E-state index contributed by atoms with van der Waals surface area (Å²) < 4.78 is 13.6. The Balaban J connectivity index is 1.62. The van der Waals surface area contributed by atoms with Crippen LogP contribution in [0, 0.1) is 5.82 Å². The molecule has 0 spiro atoms. The third-order valence-electron chi connectivity index (χ3n) is 5.35. The highest BCUT2D eigenvalue weighted by atomic mass is 19.1. The summed E-state index contributed by atoms with van der Waals surface area (Å²) >= 11 is 0. The first kappa shape index (κ1) is 16.4. The van der Waals surface area contributed by atoms with Crippen molar-refractivity contribution < 1.29 is 14.3 Å². The smallest absolute Gasteiger partial charge is 0.317 e. The van der Waals surface area contributed by atoms with Crippen LogP contribution < -0.4 is 0 Å². The summed E-state index contributed by atoms with van der Waals surface area (Å²) in [6.45, 7) is 4.83. The van der Waals surface area contributed by atoms with Crippen LogP contribution >= 0.6 is 0 Å². The van der Waals surface area contributed by atoms with E-state index in [1.54, 1.807) is 12.1 Å². The maximum atomic E-state index is 13.6. The Labute approximate surface area is 136 Å². The minimum absolute atomic E-state index is 0.124. The highest BCUT2D eigenvalue weighted by Crippen LogP contribution is 2.37. The Kier molecular flexibility index (Phi) is 4.97. The van der Waals surface area contributed by atoms with Crippen LogP contribution in [-0.4, -0.2) is 53.1 Å². The number of hydrogen-bond donors (Lipinski definition) is 1. The summed E-state index contributed by atoms with van der Waals surface area (Å²) in [7, 11) is 0. The molecule has 1 aliphatic heterocycles. The maximum Gasteiger partial charge on any atom is 0.317 e. The van der Waals surface area contributed by atoms with Crippen LogP contribution in [0.25, 0.3) is 0 Å². The van der Waals surface area contributed by atoms with Crippen molar-refractivity contribution >= 4 is 5.97 Å². The van der Waals surface area contributed by atoms with Crippen molar-refractivity contribution in [2.24, 2.45) is 0 Å². The number of carboxylic acid groups (broad SMARTS) is 1. The maximum absolute atomic E-state index is 13.6. The minimum atomic E-state index is -0.755. The number of hydrogen-bond acceptors (Lipinski definition) is 3. The predicted molar refractivity (Wildman–Crippen MR) is 86.9 cm³/mol. The van der Waals surface area contributed by atoms with Crippen LogP contribution in [0.15, 0.2) is 18.2 Å². The van der Waals surface area contributed by atoms with E-state index in [2.05, 4.69) is 9.80 Å². The predicted octanol–water partition coefficient (Wildman–Crippen LogP) is 2.68. The Hall–Kier alpha value is -1.46. The topological polar surface area (TPSA) is 43.8 Å². The normalized spacial score (nSPS) is 22.5. The lowest BCUT2D eigenvalue weighted by atomic mass is 9.99. The summed E-state index contributed by atoms with van der Waals surface area (Å²) in [5.41, 5.74) is 2.43. The third-order valence-corrected chi connectivity index (χ3v) is 5.35. The van der Waals surface area contributed by atoms with Crippen molar-refractivity contribution in [1.29, 1.82) is 0 Å². The second kappa shape index (κ2) is 6.97. The van der Waals surface area contributed by atoms with Gasteiger partial charge in [-0.15, -0.1) is 0 Å². The van der Waals surface area contributed by atoms with Gasteiger partial charge in [0.15, 0.2) is 0 Å². The molecule has 0 aromatic heterocycles. The molecule has 1 aliphatic carbocycles. The molecular weight excluding hydrogens is 295 g/mol. The number of halogens is 1. The number of aryl methyl sites for hydroxylation is 1. The summed E-state index contributed by atoms with van der Waals surface area (Å²) in [4.78, 5) is 15.5. The van der Waals surface area contributed by atoms with Crippen LogP contribution in [-0.2, 0) is 11.2 Å². The van der Waals surface area contributed by atoms with E-state index in [9.17, 15) is 9.18 Å². The van der Waals surface area contributed by atoms with Gasteiger partial charge in [-0.25, -0.2) is 4.39 Å². The van der Waals surface area contributed by atoms with Crippen molar-refractivity contribution in [3.05, 3.63) is 35.1 Å². The second-order valence-electron chi connectivity index (χ2n) is 6.62. The zero-order valence-corrected chi connectivity index (χ0v) is 13.7. The standard InChI is InChI=1S/C18H25FN2O2/c1-2-20(12-18(22)23)15-7-9-21(10-8-15)17-6-4-13-3-5-14(19)11-16(13)17/h3,5,11,15,17H,2,4,6-10,12H2,1H3,(H,22,23). The van der Waals surface area contributed by atoms with Crippen LogP contribution in [0.1, 0.15) is 43.4 Å². The van der Waals surface area contributed by atoms with E-state index < -0.39 is 5.97 Å². The molecule has 1 heterocycles. The van der Waals surface area contributed by atoms with E-state index in [4.69, 9.17) is 5.11 Å². The van der Waals surface area contributed by atoms with E-state index in [1.807, 2.05) is 13.0 Å². The molecule has 1 N–H and O–H groups in total. The van der Waals surface area contributed by atoms with Gasteiger partial charge in [0.05, 0.1) is 6.54 Å². The molecule has 0 amide bonds. The summed E-state index contributed by atoms with van der Waals surface area (Å²) in [5, 5.41) is 9.02. The summed E-state index contributed by atoms with van der Waals surface area (Å²) in [5.74, 6) is -0.904. The molecule has 0 radical (unpaired) electrons. The number of benzene rings is 1. The van der Waals surface area contributed by atoms with Crippen LogP contribution in [0.3, 0.4) is 0 Å². The first-order chi connectivity index (χ1) is 11.1. The fourth-order valence-electron chi connectivity index (χ4n) is 4.17. The molecule has 4 nitrogen and oxygen atoms in total. The SMILES string of the molecule is CCN(CC(=O)O)C1CCN(C2CCc3ccc(F)cc32)CC1. The quantitative estimate of drug-likeness (QED) is 0.906. The molecular formula is C18H25FN2O2. The zero-order chi connectivity index (χ0) is 16.4. The van der Waals surface area contributed by atoms with Gasteiger partial charge in [0.1, 0.15) is 5.82 Å². The monoisotopic (exact) mass is 320 g/mol. The Morgan fingerprint density at radius 1 is 1.35 bits per heavy atom. The Bertz CT molecular complexity index is 570. The van der Waals surface area contributed by atoms with E-state index in [-0.39, 0.29) is 12.4 Å². The summed E-state index contributed by atoms with van der Waals surface area (Å²) in [6.07, 6.45) is 4.07. The van der Waals surface area contributed by atoms with Gasteiger partial charge in [0.25, 0.3) is 0 Å². The number of nitrogens with zero attached hydrogens (tertiary/aromatic N) is 2. The van der Waals surface area contributed by atoms with E-state index in [0.29, 0.717) is 12.1 Å². The fourth-order valence-corrected chi connectivity index (χ4v) is 4.17. The van der Waals surface area contributed by atoms with Crippen molar-refractivity contribution in [3.63, 3.8) is 0 Å². The van der Waals surface area contributed by atoms with Gasteiger partial charge >= 0.3 is 5.97 Å². The molecule has 126 valence electrons. The van der Waals surface area contributed by atoms with Crippen molar-refractivity contribution in [2.45, 2.75) is 44.7 Å². The molecule has 1 fully saturated rings. The van der Waals surface area contributed by atoms with Crippen LogP contribution in [0.2, 0.25) is 0 Å². The highest BCUT2D eigenvalue weighted by molar-refractivity contribution is 5.69. The van der Waals surface area contributed by atoms with E-state index in [0.717, 1.165) is 50.9 Å². The molecule has 5 heteroatoms. The zero-order valence-electron chi connectivity index (χ0n) is 13.7. The minimum Gasteiger partial charge on any atom is -0.480 e. The number of aliphatic carboxylic acids is 1. The van der Waals surface area contributed by atoms with Crippen molar-refractivity contribution in [1.82, 2.24) is 9.80 Å². The molecule has 0 bridgehead atoms. The molecule has 1 aromatic carbocycles. The van der Waals surface area contributed by atoms with Crippen LogP contribution in [0.5, 0.6) is 0 Å². The van der Waals surface area contributed by atoms with Gasteiger partial charge < -0.3 is 5.11 Å². The molecule has 23 heavy (non-hydrogen) atoms. The number of rotatable bonds is 5. The lowest BCUT2D eigenvalue weighted by Crippen LogP contribution is -2.47. The van der Waals surface area contributed by atoms with Gasteiger partial charge in [0.2, 0.25) is 0 Å². The second-order valence-corrected chi connectivity index (χ2v) is 6.62. The molecule has 1 unspecified atom stereocenters. The van der Waals surface area contributed by atoms with Gasteiger partial charge in [-0.3, -0.25) is 14.6 Å². The average Bonchev–Trinajstić information content (AvgIpc) is 2.95. The van der Waals surface area contributed by atoms with E-state index >= 15 is 0 Å².